The van der Waals surface area contributed by atoms with E-state index >= 15 is 0 Å². The molecule has 5 nitrogen and oxygen atoms in total. The monoisotopic (exact) mass is 362 g/mol. The lowest BCUT2D eigenvalue weighted by atomic mass is 10.1. The number of carbonyl (C=O) groups excluding carboxylic acids is 1. The second kappa shape index (κ2) is 7.42. The number of hydrogen-bond acceptors (Lipinski definition) is 3. The number of carboxylic acids is 1. The van der Waals surface area contributed by atoms with Crippen LogP contribution in [0.3, 0.4) is 0 Å². The van der Waals surface area contributed by atoms with Crippen LogP contribution in [0, 0.1) is 13.8 Å². The van der Waals surface area contributed by atoms with Crippen molar-refractivity contribution in [2.24, 2.45) is 0 Å². The van der Waals surface area contributed by atoms with E-state index in [0.29, 0.717) is 16.3 Å². The Labute approximate surface area is 149 Å². The van der Waals surface area contributed by atoms with Crippen LogP contribution in [0.5, 0.6) is 0 Å². The predicted molar refractivity (Wildman–Crippen MR) is 98.0 cm³/mol. The molecule has 124 valence electrons. The van der Waals surface area contributed by atoms with Crippen molar-refractivity contribution in [2.45, 2.75) is 13.8 Å². The summed E-state index contributed by atoms with van der Waals surface area (Å²) < 4.78 is 0. The first-order valence-corrected chi connectivity index (χ1v) is 7.79. The molecule has 0 saturated carbocycles. The van der Waals surface area contributed by atoms with Crippen molar-refractivity contribution in [3.63, 3.8) is 0 Å². The zero-order chi connectivity index (χ0) is 17.9. The first kappa shape index (κ1) is 17.9. The van der Waals surface area contributed by atoms with Crippen molar-refractivity contribution in [3.8, 4) is 0 Å². The molecular weight excluding hydrogens is 348 g/mol. The van der Waals surface area contributed by atoms with Gasteiger partial charge in [-0.15, -0.1) is 0 Å². The van der Waals surface area contributed by atoms with Crippen LogP contribution in [0.15, 0.2) is 36.4 Å². The summed E-state index contributed by atoms with van der Waals surface area (Å²) in [4.78, 5) is 23.3. The number of hydrogen-bond donors (Lipinski definition) is 3. The maximum Gasteiger partial charge on any atom is 0.335 e. The van der Waals surface area contributed by atoms with Crippen LogP contribution in [0.4, 0.5) is 5.69 Å². The van der Waals surface area contributed by atoms with E-state index in [9.17, 15) is 9.59 Å². The summed E-state index contributed by atoms with van der Waals surface area (Å²) in [7, 11) is 0. The zero-order valence-corrected chi connectivity index (χ0v) is 14.6. The number of halogens is 1. The maximum absolute atomic E-state index is 12.2. The van der Waals surface area contributed by atoms with Gasteiger partial charge in [0.2, 0.25) is 0 Å². The molecule has 0 bridgehead atoms. The quantitative estimate of drug-likeness (QED) is 0.724. The highest BCUT2D eigenvalue weighted by Gasteiger charge is 2.13. The highest BCUT2D eigenvalue weighted by molar-refractivity contribution is 7.80. The smallest absolute Gasteiger partial charge is 0.335 e. The molecule has 2 rings (SSSR count). The molecule has 24 heavy (non-hydrogen) atoms. The number of nitrogens with one attached hydrogen (secondary N) is 2. The molecule has 7 heteroatoms. The van der Waals surface area contributed by atoms with Crippen molar-refractivity contribution < 1.29 is 14.7 Å². The number of amides is 1. The Morgan fingerprint density at radius 3 is 2.46 bits per heavy atom. The summed E-state index contributed by atoms with van der Waals surface area (Å²) >= 11 is 11.2. The number of thiocarbonyl (C=S) groups is 1. The average Bonchev–Trinajstić information content (AvgIpc) is 2.48. The third kappa shape index (κ3) is 4.31. The summed E-state index contributed by atoms with van der Waals surface area (Å²) in [5, 5.41) is 14.8. The zero-order valence-electron chi connectivity index (χ0n) is 13.0. The Morgan fingerprint density at radius 2 is 1.83 bits per heavy atom. The van der Waals surface area contributed by atoms with Gasteiger partial charge in [0, 0.05) is 5.69 Å². The van der Waals surface area contributed by atoms with Gasteiger partial charge in [-0.25, -0.2) is 4.79 Å². The number of benzene rings is 2. The Morgan fingerprint density at radius 1 is 1.12 bits per heavy atom. The number of aryl methyl sites for hydroxylation is 2. The fourth-order valence-electron chi connectivity index (χ4n) is 2.02. The number of rotatable bonds is 3. The van der Waals surface area contributed by atoms with E-state index in [-0.39, 0.29) is 10.7 Å². The Bertz CT molecular complexity index is 837. The van der Waals surface area contributed by atoms with Gasteiger partial charge >= 0.3 is 5.97 Å². The van der Waals surface area contributed by atoms with Gasteiger partial charge in [-0.2, -0.15) is 0 Å². The van der Waals surface area contributed by atoms with Gasteiger partial charge in [-0.3, -0.25) is 10.1 Å². The molecule has 0 spiro atoms. The minimum atomic E-state index is -1.04. The minimum Gasteiger partial charge on any atom is -0.478 e. The summed E-state index contributed by atoms with van der Waals surface area (Å²) in [6.07, 6.45) is 0. The lowest BCUT2D eigenvalue weighted by Crippen LogP contribution is -2.34. The third-order valence-corrected chi connectivity index (χ3v) is 3.85. The van der Waals surface area contributed by atoms with Crippen LogP contribution in [-0.2, 0) is 0 Å². The van der Waals surface area contributed by atoms with Gasteiger partial charge in [0.1, 0.15) is 0 Å². The van der Waals surface area contributed by atoms with Gasteiger partial charge in [-0.1, -0.05) is 23.7 Å². The van der Waals surface area contributed by atoms with E-state index in [0.717, 1.165) is 11.1 Å². The molecule has 3 N–H and O–H groups in total. The first-order valence-electron chi connectivity index (χ1n) is 7.00. The number of anilines is 1. The number of carbonyl (C=O) groups is 2. The van der Waals surface area contributed by atoms with E-state index in [2.05, 4.69) is 10.6 Å². The van der Waals surface area contributed by atoms with Crippen LogP contribution < -0.4 is 10.6 Å². The van der Waals surface area contributed by atoms with Gasteiger partial charge in [0.05, 0.1) is 16.1 Å². The van der Waals surface area contributed by atoms with Crippen LogP contribution in [0.1, 0.15) is 31.8 Å². The highest BCUT2D eigenvalue weighted by Crippen LogP contribution is 2.19. The molecule has 0 aromatic heterocycles. The van der Waals surface area contributed by atoms with Crippen molar-refractivity contribution >= 4 is 46.5 Å². The molecule has 0 fully saturated rings. The minimum absolute atomic E-state index is 0.0577. The Hall–Kier alpha value is -2.44. The van der Waals surface area contributed by atoms with E-state index < -0.39 is 11.9 Å². The summed E-state index contributed by atoms with van der Waals surface area (Å²) in [6, 6.07) is 9.69. The number of carboxylic acid groups (broad SMARTS) is 1. The van der Waals surface area contributed by atoms with Gasteiger partial charge in [-0.05, 0) is 61.5 Å². The lowest BCUT2D eigenvalue weighted by Gasteiger charge is -2.13. The Kier molecular flexibility index (Phi) is 5.54. The molecule has 0 aliphatic carbocycles. The molecule has 0 heterocycles. The van der Waals surface area contributed by atoms with Crippen LogP contribution in [0.2, 0.25) is 5.02 Å². The normalized spacial score (nSPS) is 10.1. The van der Waals surface area contributed by atoms with E-state index in [1.54, 1.807) is 31.2 Å². The van der Waals surface area contributed by atoms with E-state index in [4.69, 9.17) is 28.9 Å². The molecular formula is C17H15ClN2O3S. The Balaban J connectivity index is 2.12. The van der Waals surface area contributed by atoms with Crippen molar-refractivity contribution in [3.05, 3.63) is 63.7 Å². The molecule has 0 aliphatic rings. The second-order valence-corrected chi connectivity index (χ2v) is 6.04. The summed E-state index contributed by atoms with van der Waals surface area (Å²) in [6.45, 7) is 3.67. The molecule has 0 unspecified atom stereocenters. The number of aromatic carboxylic acids is 1. The van der Waals surface area contributed by atoms with Crippen LogP contribution in [-0.4, -0.2) is 22.1 Å². The van der Waals surface area contributed by atoms with Crippen molar-refractivity contribution in [1.29, 1.82) is 0 Å². The molecule has 0 saturated heterocycles. The molecule has 0 aliphatic heterocycles. The van der Waals surface area contributed by atoms with E-state index in [1.165, 1.54) is 12.1 Å². The van der Waals surface area contributed by atoms with Gasteiger partial charge in [0.25, 0.3) is 5.91 Å². The largest absolute Gasteiger partial charge is 0.478 e. The highest BCUT2D eigenvalue weighted by atomic mass is 35.5. The van der Waals surface area contributed by atoms with Crippen LogP contribution in [0.25, 0.3) is 0 Å². The molecule has 0 radical (unpaired) electrons. The fraction of sp³-hybridized carbons (Fsp3) is 0.118. The second-order valence-electron chi connectivity index (χ2n) is 5.23. The molecule has 1 amide bonds. The van der Waals surface area contributed by atoms with Crippen LogP contribution >= 0.6 is 23.8 Å². The third-order valence-electron chi connectivity index (χ3n) is 3.33. The van der Waals surface area contributed by atoms with Crippen molar-refractivity contribution in [1.82, 2.24) is 5.32 Å². The molecule has 2 aromatic carbocycles. The first-order chi connectivity index (χ1) is 11.3. The summed E-state index contributed by atoms with van der Waals surface area (Å²) in [5.41, 5.74) is 2.68. The topological polar surface area (TPSA) is 78.4 Å². The summed E-state index contributed by atoms with van der Waals surface area (Å²) in [5.74, 6) is -1.48. The lowest BCUT2D eigenvalue weighted by molar-refractivity contribution is 0.0696. The van der Waals surface area contributed by atoms with E-state index in [1.807, 2.05) is 6.92 Å². The SMILES string of the molecule is Cc1ccc(C(=O)NC(=S)Nc2cc(C(=O)O)ccc2C)c(Cl)c1. The molecule has 0 atom stereocenters. The molecule has 2 aromatic rings. The fourth-order valence-corrected chi connectivity index (χ4v) is 2.54. The van der Waals surface area contributed by atoms with Crippen molar-refractivity contribution in [2.75, 3.05) is 5.32 Å². The average molecular weight is 363 g/mol. The van der Waals surface area contributed by atoms with Gasteiger partial charge in [0.15, 0.2) is 5.11 Å². The predicted octanol–water partition coefficient (Wildman–Crippen LogP) is 3.78. The van der Waals surface area contributed by atoms with Gasteiger partial charge < -0.3 is 10.4 Å². The maximum atomic E-state index is 12.2. The standard InChI is InChI=1S/C17H15ClN2O3S/c1-9-3-6-12(13(18)7-9)15(21)20-17(24)19-14-8-11(16(22)23)5-4-10(14)2/h3-8H,1-2H3,(H,22,23)(H2,19,20,21,24).